The van der Waals surface area contributed by atoms with E-state index in [2.05, 4.69) is 57.9 Å². The molecule has 0 aliphatic carbocycles. The highest BCUT2D eigenvalue weighted by Crippen LogP contribution is 2.32. The zero-order valence-electron chi connectivity index (χ0n) is 7.50. The molecule has 1 N–H and O–H groups in total. The van der Waals surface area contributed by atoms with E-state index in [0.29, 0.717) is 9.34 Å². The Kier molecular flexibility index (Phi) is 3.76. The maximum atomic E-state index is 8.55. The van der Waals surface area contributed by atoms with Gasteiger partial charge in [-0.15, -0.1) is 0 Å². The van der Waals surface area contributed by atoms with Crippen molar-refractivity contribution in [3.05, 3.63) is 13.9 Å². The van der Waals surface area contributed by atoms with Crippen LogP contribution in [0.5, 0.6) is 0 Å². The summed E-state index contributed by atoms with van der Waals surface area (Å²) in [6.45, 7) is 3.80. The van der Waals surface area contributed by atoms with Gasteiger partial charge in [0.1, 0.15) is 9.21 Å². The highest BCUT2D eigenvalue weighted by molar-refractivity contribution is 9.13. The topological polar surface area (TPSA) is 50.4 Å². The Bertz CT molecular complexity index is 373. The standard InChI is InChI=1S/C7H8Br3N3O/c1-7(2,3-11-14)13-5(9)4(8)12-6(13)10/h3,14H,1-2H3/b11-3+. The van der Waals surface area contributed by atoms with Crippen LogP contribution in [0, 0.1) is 0 Å². The van der Waals surface area contributed by atoms with Gasteiger partial charge in [-0.05, 0) is 61.6 Å². The molecule has 0 unspecified atom stereocenters. The second-order valence-corrected chi connectivity index (χ2v) is 5.41. The van der Waals surface area contributed by atoms with Crippen molar-refractivity contribution in [2.75, 3.05) is 0 Å². The molecule has 1 rings (SSSR count). The zero-order valence-corrected chi connectivity index (χ0v) is 12.3. The Hall–Kier alpha value is 0.120. The predicted molar refractivity (Wildman–Crippen MR) is 64.9 cm³/mol. The van der Waals surface area contributed by atoms with Gasteiger partial charge >= 0.3 is 0 Å². The molecular weight excluding hydrogens is 382 g/mol. The van der Waals surface area contributed by atoms with Crippen LogP contribution in [-0.2, 0) is 5.54 Å². The second-order valence-electron chi connectivity index (χ2n) is 3.20. The van der Waals surface area contributed by atoms with Crippen molar-refractivity contribution < 1.29 is 5.21 Å². The first kappa shape index (κ1) is 12.2. The molecule has 0 aliphatic rings. The van der Waals surface area contributed by atoms with Crippen molar-refractivity contribution in [3.8, 4) is 0 Å². The lowest BCUT2D eigenvalue weighted by atomic mass is 10.1. The van der Waals surface area contributed by atoms with E-state index in [-0.39, 0.29) is 0 Å². The molecule has 0 radical (unpaired) electrons. The number of halogens is 3. The third-order valence-corrected chi connectivity index (χ3v) is 4.04. The molecule has 0 amide bonds. The Balaban J connectivity index is 3.31. The summed E-state index contributed by atoms with van der Waals surface area (Å²) in [5.74, 6) is 0. The molecule has 1 heterocycles. The van der Waals surface area contributed by atoms with Crippen molar-refractivity contribution in [3.63, 3.8) is 0 Å². The molecular formula is C7H8Br3N3O. The number of hydrogen-bond donors (Lipinski definition) is 1. The summed E-state index contributed by atoms with van der Waals surface area (Å²) in [7, 11) is 0. The molecule has 0 bridgehead atoms. The maximum absolute atomic E-state index is 8.55. The van der Waals surface area contributed by atoms with E-state index < -0.39 is 5.54 Å². The molecule has 1 aromatic rings. The smallest absolute Gasteiger partial charge is 0.179 e. The number of imidazole rings is 1. The molecule has 1 aromatic heterocycles. The van der Waals surface area contributed by atoms with Gasteiger partial charge in [0.25, 0.3) is 0 Å². The van der Waals surface area contributed by atoms with Gasteiger partial charge in [-0.3, -0.25) is 0 Å². The lowest BCUT2D eigenvalue weighted by molar-refractivity contribution is 0.312. The van der Waals surface area contributed by atoms with Crippen molar-refractivity contribution in [2.24, 2.45) is 5.16 Å². The van der Waals surface area contributed by atoms with Gasteiger partial charge in [0.05, 0.1) is 11.8 Å². The van der Waals surface area contributed by atoms with Crippen LogP contribution in [0.1, 0.15) is 13.8 Å². The Morgan fingerprint density at radius 1 is 1.43 bits per heavy atom. The van der Waals surface area contributed by atoms with Crippen LogP contribution in [0.3, 0.4) is 0 Å². The molecule has 0 aromatic carbocycles. The van der Waals surface area contributed by atoms with E-state index in [1.807, 2.05) is 18.4 Å². The van der Waals surface area contributed by atoms with Crippen LogP contribution in [0.4, 0.5) is 0 Å². The van der Waals surface area contributed by atoms with E-state index in [9.17, 15) is 0 Å². The molecule has 0 fully saturated rings. The van der Waals surface area contributed by atoms with Crippen LogP contribution >= 0.6 is 47.8 Å². The van der Waals surface area contributed by atoms with Gasteiger partial charge in [-0.25, -0.2) is 4.98 Å². The fourth-order valence-corrected chi connectivity index (χ4v) is 3.39. The summed E-state index contributed by atoms with van der Waals surface area (Å²) in [6.07, 6.45) is 1.43. The SMILES string of the molecule is CC(C)(/C=N/O)n1c(Br)nc(Br)c1Br. The van der Waals surface area contributed by atoms with Gasteiger partial charge in [-0.1, -0.05) is 5.16 Å². The van der Waals surface area contributed by atoms with E-state index >= 15 is 0 Å². The number of aromatic nitrogens is 2. The summed E-state index contributed by atoms with van der Waals surface area (Å²) in [5, 5.41) is 11.6. The second kappa shape index (κ2) is 4.32. The first-order valence-electron chi connectivity index (χ1n) is 3.68. The van der Waals surface area contributed by atoms with Crippen molar-refractivity contribution in [1.29, 1.82) is 0 Å². The van der Waals surface area contributed by atoms with Crippen LogP contribution in [0.15, 0.2) is 19.1 Å². The van der Waals surface area contributed by atoms with Gasteiger partial charge in [0.15, 0.2) is 4.73 Å². The van der Waals surface area contributed by atoms with E-state index in [4.69, 9.17) is 5.21 Å². The van der Waals surface area contributed by atoms with Gasteiger partial charge in [0, 0.05) is 0 Å². The molecule has 0 saturated carbocycles. The molecule has 0 aliphatic heterocycles. The Morgan fingerprint density at radius 3 is 2.36 bits per heavy atom. The molecule has 7 heteroatoms. The lowest BCUT2D eigenvalue weighted by Gasteiger charge is -2.22. The summed E-state index contributed by atoms with van der Waals surface area (Å²) in [5.41, 5.74) is -0.467. The highest BCUT2D eigenvalue weighted by Gasteiger charge is 2.25. The molecule has 0 atom stereocenters. The lowest BCUT2D eigenvalue weighted by Crippen LogP contribution is -2.28. The normalized spacial score (nSPS) is 12.6. The van der Waals surface area contributed by atoms with Crippen LogP contribution < -0.4 is 0 Å². The molecule has 0 saturated heterocycles. The summed E-state index contributed by atoms with van der Waals surface area (Å²) in [4.78, 5) is 4.17. The van der Waals surface area contributed by atoms with Crippen molar-refractivity contribution >= 4 is 54.0 Å². The predicted octanol–water partition coefficient (Wildman–Crippen LogP) is 3.37. The average Bonchev–Trinajstić information content (AvgIpc) is 2.26. The summed E-state index contributed by atoms with van der Waals surface area (Å²) in [6, 6.07) is 0. The van der Waals surface area contributed by atoms with Crippen LogP contribution in [-0.4, -0.2) is 21.0 Å². The van der Waals surface area contributed by atoms with Crippen LogP contribution in [0.25, 0.3) is 0 Å². The van der Waals surface area contributed by atoms with E-state index in [1.165, 1.54) is 6.21 Å². The average molecular weight is 390 g/mol. The molecule has 14 heavy (non-hydrogen) atoms. The van der Waals surface area contributed by atoms with E-state index in [0.717, 1.165) is 4.60 Å². The summed E-state index contributed by atoms with van der Waals surface area (Å²) >= 11 is 10.0. The van der Waals surface area contributed by atoms with Crippen molar-refractivity contribution in [1.82, 2.24) is 9.55 Å². The molecule has 0 spiro atoms. The molecule has 78 valence electrons. The quantitative estimate of drug-likeness (QED) is 0.479. The van der Waals surface area contributed by atoms with Crippen LogP contribution in [0.2, 0.25) is 0 Å². The first-order valence-corrected chi connectivity index (χ1v) is 6.06. The number of rotatable bonds is 2. The Labute approximate surface area is 107 Å². The minimum atomic E-state index is -0.467. The number of oxime groups is 1. The third-order valence-electron chi connectivity index (χ3n) is 1.69. The van der Waals surface area contributed by atoms with Crippen molar-refractivity contribution in [2.45, 2.75) is 19.4 Å². The maximum Gasteiger partial charge on any atom is 0.179 e. The summed E-state index contributed by atoms with van der Waals surface area (Å²) < 4.78 is 3.98. The van der Waals surface area contributed by atoms with Gasteiger partial charge < -0.3 is 9.77 Å². The minimum Gasteiger partial charge on any atom is -0.411 e. The highest BCUT2D eigenvalue weighted by atomic mass is 79.9. The Morgan fingerprint density at radius 2 is 2.00 bits per heavy atom. The number of hydrogen-bond acceptors (Lipinski definition) is 3. The zero-order chi connectivity index (χ0) is 10.9. The third kappa shape index (κ3) is 2.20. The van der Waals surface area contributed by atoms with Gasteiger partial charge in [-0.2, -0.15) is 0 Å². The first-order chi connectivity index (χ1) is 6.40. The van der Waals surface area contributed by atoms with E-state index in [1.54, 1.807) is 0 Å². The molecule has 4 nitrogen and oxygen atoms in total. The minimum absolute atomic E-state index is 0.467. The monoisotopic (exact) mass is 387 g/mol. The number of nitrogens with zero attached hydrogens (tertiary/aromatic N) is 3. The fraction of sp³-hybridized carbons (Fsp3) is 0.429. The largest absolute Gasteiger partial charge is 0.411 e. The fourth-order valence-electron chi connectivity index (χ4n) is 1.04. The van der Waals surface area contributed by atoms with Gasteiger partial charge in [0.2, 0.25) is 0 Å².